The molecule has 0 unspecified atom stereocenters. The summed E-state index contributed by atoms with van der Waals surface area (Å²) in [7, 11) is 3.91. The Morgan fingerprint density at radius 2 is 1.95 bits per heavy atom. The summed E-state index contributed by atoms with van der Waals surface area (Å²) in [4.78, 5) is 14.8. The summed E-state index contributed by atoms with van der Waals surface area (Å²) >= 11 is 5.10. The molecule has 1 aromatic rings. The Morgan fingerprint density at radius 3 is 2.40 bits per heavy atom. The predicted octanol–water partition coefficient (Wildman–Crippen LogP) is 2.78. The minimum atomic E-state index is -0.774. The van der Waals surface area contributed by atoms with E-state index in [1.54, 1.807) is 0 Å². The van der Waals surface area contributed by atoms with Crippen molar-refractivity contribution in [1.82, 2.24) is 0 Å². The molecule has 0 atom stereocenters. The van der Waals surface area contributed by atoms with Gasteiger partial charge in [-0.3, -0.25) is 4.79 Å². The van der Waals surface area contributed by atoms with Crippen molar-refractivity contribution in [3.05, 3.63) is 24.3 Å². The Bertz CT molecular complexity index is 496. The van der Waals surface area contributed by atoms with Gasteiger partial charge in [-0.25, -0.2) is 0 Å². The zero-order chi connectivity index (χ0) is 15.3. The molecule has 20 heavy (non-hydrogen) atoms. The molecular formula is C15H23N3OS. The van der Waals surface area contributed by atoms with Gasteiger partial charge in [-0.15, -0.1) is 0 Å². The minimum absolute atomic E-state index is 0.133. The first kappa shape index (κ1) is 16.4. The third-order valence-corrected chi connectivity index (χ3v) is 4.12. The number of amides is 1. The van der Waals surface area contributed by atoms with Crippen molar-refractivity contribution in [1.29, 1.82) is 0 Å². The molecule has 3 N–H and O–H groups in total. The van der Waals surface area contributed by atoms with Gasteiger partial charge in [0.05, 0.1) is 10.4 Å². The standard InChI is InChI=1S/C15H23N3OS/c1-5-15(6-2,13(16)20)14(19)17-11-8-7-9-12(10-11)18(3)4/h7-10H,5-6H2,1-4H3,(H2,16,20)(H,17,19). The summed E-state index contributed by atoms with van der Waals surface area (Å²) in [6.07, 6.45) is 1.19. The van der Waals surface area contributed by atoms with E-state index in [0.717, 1.165) is 11.4 Å². The molecule has 0 heterocycles. The van der Waals surface area contributed by atoms with Crippen LogP contribution in [0.5, 0.6) is 0 Å². The van der Waals surface area contributed by atoms with Gasteiger partial charge in [0.2, 0.25) is 5.91 Å². The summed E-state index contributed by atoms with van der Waals surface area (Å²) < 4.78 is 0. The number of anilines is 2. The molecule has 1 rings (SSSR count). The van der Waals surface area contributed by atoms with Crippen LogP contribution in [0.25, 0.3) is 0 Å². The molecule has 0 aliphatic rings. The van der Waals surface area contributed by atoms with Crippen LogP contribution in [0.1, 0.15) is 26.7 Å². The van der Waals surface area contributed by atoms with Gasteiger partial charge in [0.25, 0.3) is 0 Å². The Labute approximate surface area is 126 Å². The van der Waals surface area contributed by atoms with Crippen molar-refractivity contribution < 1.29 is 4.79 Å². The lowest BCUT2D eigenvalue weighted by Crippen LogP contribution is -2.45. The van der Waals surface area contributed by atoms with Gasteiger partial charge in [-0.05, 0) is 31.0 Å². The van der Waals surface area contributed by atoms with E-state index in [2.05, 4.69) is 5.32 Å². The van der Waals surface area contributed by atoms with E-state index < -0.39 is 5.41 Å². The number of carbonyl (C=O) groups is 1. The van der Waals surface area contributed by atoms with E-state index >= 15 is 0 Å². The average molecular weight is 293 g/mol. The third kappa shape index (κ3) is 3.28. The number of benzene rings is 1. The van der Waals surface area contributed by atoms with Gasteiger partial charge in [0.15, 0.2) is 0 Å². The Morgan fingerprint density at radius 1 is 1.35 bits per heavy atom. The van der Waals surface area contributed by atoms with Crippen LogP contribution in [-0.2, 0) is 4.79 Å². The molecule has 0 fully saturated rings. The SMILES string of the molecule is CCC(CC)(C(=O)Nc1cccc(N(C)C)c1)C(N)=S. The van der Waals surface area contributed by atoms with Gasteiger partial charge in [-0.2, -0.15) is 0 Å². The van der Waals surface area contributed by atoms with Crippen molar-refractivity contribution in [3.8, 4) is 0 Å². The number of thiocarbonyl (C=S) groups is 1. The quantitative estimate of drug-likeness (QED) is 0.792. The highest BCUT2D eigenvalue weighted by molar-refractivity contribution is 7.80. The maximum absolute atomic E-state index is 12.5. The van der Waals surface area contributed by atoms with Crippen LogP contribution in [0.4, 0.5) is 11.4 Å². The molecule has 5 heteroatoms. The first-order valence-corrected chi connectivity index (χ1v) is 7.17. The van der Waals surface area contributed by atoms with Gasteiger partial charge in [-0.1, -0.05) is 32.1 Å². The zero-order valence-electron chi connectivity index (χ0n) is 12.6. The molecule has 0 saturated heterocycles. The van der Waals surface area contributed by atoms with Crippen LogP contribution in [0.15, 0.2) is 24.3 Å². The molecule has 0 spiro atoms. The zero-order valence-corrected chi connectivity index (χ0v) is 13.4. The normalized spacial score (nSPS) is 11.0. The Hall–Kier alpha value is -1.62. The maximum Gasteiger partial charge on any atom is 0.237 e. The van der Waals surface area contributed by atoms with Crippen molar-refractivity contribution in [2.45, 2.75) is 26.7 Å². The van der Waals surface area contributed by atoms with E-state index in [1.807, 2.05) is 57.1 Å². The lowest BCUT2D eigenvalue weighted by molar-refractivity contribution is -0.122. The molecule has 0 bridgehead atoms. The second-order valence-corrected chi connectivity index (χ2v) is 5.49. The molecule has 4 nitrogen and oxygen atoms in total. The number of nitrogens with zero attached hydrogens (tertiary/aromatic N) is 1. The fourth-order valence-corrected chi connectivity index (χ4v) is 2.53. The average Bonchev–Trinajstić information content (AvgIpc) is 2.40. The Kier molecular flexibility index (Phi) is 5.51. The molecule has 0 saturated carbocycles. The molecule has 0 aliphatic carbocycles. The van der Waals surface area contributed by atoms with Crippen molar-refractivity contribution in [2.24, 2.45) is 11.1 Å². The predicted molar refractivity (Wildman–Crippen MR) is 89.2 cm³/mol. The van der Waals surface area contributed by atoms with Gasteiger partial charge in [0, 0.05) is 25.5 Å². The lowest BCUT2D eigenvalue weighted by Gasteiger charge is -2.29. The largest absolute Gasteiger partial charge is 0.392 e. The number of nitrogens with one attached hydrogen (secondary N) is 1. The number of rotatable bonds is 6. The van der Waals surface area contributed by atoms with E-state index in [9.17, 15) is 4.79 Å². The van der Waals surface area contributed by atoms with Gasteiger partial charge < -0.3 is 16.0 Å². The first-order valence-electron chi connectivity index (χ1n) is 6.76. The summed E-state index contributed by atoms with van der Waals surface area (Å²) in [5.41, 5.74) is 6.79. The van der Waals surface area contributed by atoms with Crippen LogP contribution >= 0.6 is 12.2 Å². The summed E-state index contributed by atoms with van der Waals surface area (Å²) in [6, 6.07) is 7.68. The fourth-order valence-electron chi connectivity index (χ4n) is 2.14. The number of hydrogen-bond acceptors (Lipinski definition) is 3. The molecular weight excluding hydrogens is 270 g/mol. The van der Waals surface area contributed by atoms with Crippen molar-refractivity contribution >= 4 is 34.5 Å². The summed E-state index contributed by atoms with van der Waals surface area (Å²) in [5, 5.41) is 2.93. The molecule has 1 aromatic carbocycles. The first-order chi connectivity index (χ1) is 9.37. The summed E-state index contributed by atoms with van der Waals surface area (Å²) in [5.74, 6) is -0.133. The fraction of sp³-hybridized carbons (Fsp3) is 0.467. The summed E-state index contributed by atoms with van der Waals surface area (Å²) in [6.45, 7) is 3.86. The third-order valence-electron chi connectivity index (χ3n) is 3.73. The van der Waals surface area contributed by atoms with Gasteiger partial charge in [0.1, 0.15) is 0 Å². The van der Waals surface area contributed by atoms with E-state index in [0.29, 0.717) is 12.8 Å². The maximum atomic E-state index is 12.5. The van der Waals surface area contributed by atoms with Crippen LogP contribution in [0.2, 0.25) is 0 Å². The smallest absolute Gasteiger partial charge is 0.237 e. The van der Waals surface area contributed by atoms with E-state index in [-0.39, 0.29) is 10.9 Å². The van der Waals surface area contributed by atoms with Gasteiger partial charge >= 0.3 is 0 Å². The van der Waals surface area contributed by atoms with Crippen LogP contribution in [0, 0.1) is 5.41 Å². The van der Waals surface area contributed by atoms with Crippen molar-refractivity contribution in [3.63, 3.8) is 0 Å². The topological polar surface area (TPSA) is 58.4 Å². The van der Waals surface area contributed by atoms with Crippen LogP contribution < -0.4 is 16.0 Å². The second-order valence-electron chi connectivity index (χ2n) is 5.05. The number of hydrogen-bond donors (Lipinski definition) is 2. The van der Waals surface area contributed by atoms with E-state index in [1.165, 1.54) is 0 Å². The highest BCUT2D eigenvalue weighted by Gasteiger charge is 2.38. The molecule has 1 amide bonds. The lowest BCUT2D eigenvalue weighted by atomic mass is 9.81. The Balaban J connectivity index is 3.00. The monoisotopic (exact) mass is 293 g/mol. The minimum Gasteiger partial charge on any atom is -0.392 e. The highest BCUT2D eigenvalue weighted by atomic mass is 32.1. The van der Waals surface area contributed by atoms with E-state index in [4.69, 9.17) is 18.0 Å². The molecule has 0 radical (unpaired) electrons. The van der Waals surface area contributed by atoms with Crippen LogP contribution in [0.3, 0.4) is 0 Å². The second kappa shape index (κ2) is 6.70. The number of carbonyl (C=O) groups excluding carboxylic acids is 1. The highest BCUT2D eigenvalue weighted by Crippen LogP contribution is 2.29. The molecule has 110 valence electrons. The molecule has 0 aliphatic heterocycles. The molecule has 0 aromatic heterocycles. The number of nitrogens with two attached hydrogens (primary N) is 1. The van der Waals surface area contributed by atoms with Crippen molar-refractivity contribution in [2.75, 3.05) is 24.3 Å². The van der Waals surface area contributed by atoms with Crippen LogP contribution in [-0.4, -0.2) is 25.0 Å².